The fourth-order valence-corrected chi connectivity index (χ4v) is 3.81. The van der Waals surface area contributed by atoms with Gasteiger partial charge < -0.3 is 10.1 Å². The maximum Gasteiger partial charge on any atom is 0.0878 e. The van der Waals surface area contributed by atoms with Gasteiger partial charge in [0.2, 0.25) is 0 Å². The molecule has 3 rings (SSSR count). The van der Waals surface area contributed by atoms with Gasteiger partial charge in [-0.25, -0.2) is 0 Å². The molecule has 19 heavy (non-hydrogen) atoms. The van der Waals surface area contributed by atoms with Gasteiger partial charge in [0.05, 0.1) is 11.7 Å². The van der Waals surface area contributed by atoms with E-state index in [-0.39, 0.29) is 5.60 Å². The summed E-state index contributed by atoms with van der Waals surface area (Å²) >= 11 is 0. The Hall–Kier alpha value is -0.860. The fourth-order valence-electron chi connectivity index (χ4n) is 3.81. The highest BCUT2D eigenvalue weighted by atomic mass is 16.5. The van der Waals surface area contributed by atoms with Gasteiger partial charge in [-0.05, 0) is 24.8 Å². The molecule has 1 aliphatic carbocycles. The standard InChI is InChI=1S/C17H25NO/c1-2-15-12-18-13-17(19-15)11-7-6-10-16(17)14-8-4-3-5-9-14/h3-5,8-9,15-16,18H,2,6-7,10-13H2,1H3. The monoisotopic (exact) mass is 259 g/mol. The molecule has 0 amide bonds. The number of hydrogen-bond donors (Lipinski definition) is 1. The summed E-state index contributed by atoms with van der Waals surface area (Å²) in [5.74, 6) is 0.560. The largest absolute Gasteiger partial charge is 0.368 e. The van der Waals surface area contributed by atoms with Crippen molar-refractivity contribution >= 4 is 0 Å². The van der Waals surface area contributed by atoms with E-state index in [0.717, 1.165) is 19.5 Å². The van der Waals surface area contributed by atoms with Gasteiger partial charge in [-0.1, -0.05) is 50.1 Å². The molecule has 2 aliphatic rings. The average molecular weight is 259 g/mol. The first-order valence-electron chi connectivity index (χ1n) is 7.77. The lowest BCUT2D eigenvalue weighted by molar-refractivity contribution is -0.145. The Morgan fingerprint density at radius 1 is 1.26 bits per heavy atom. The van der Waals surface area contributed by atoms with Crippen LogP contribution in [0.3, 0.4) is 0 Å². The molecule has 0 aromatic heterocycles. The predicted molar refractivity (Wildman–Crippen MR) is 78.4 cm³/mol. The van der Waals surface area contributed by atoms with Gasteiger partial charge in [0.15, 0.2) is 0 Å². The predicted octanol–water partition coefficient (Wildman–Crippen LogP) is 3.48. The quantitative estimate of drug-likeness (QED) is 0.878. The third-order valence-electron chi connectivity index (χ3n) is 4.83. The summed E-state index contributed by atoms with van der Waals surface area (Å²) in [6.45, 7) is 4.26. The zero-order chi connectivity index (χ0) is 13.1. The van der Waals surface area contributed by atoms with Gasteiger partial charge in [-0.15, -0.1) is 0 Å². The lowest BCUT2D eigenvalue weighted by atomic mass is 9.71. The summed E-state index contributed by atoms with van der Waals surface area (Å²) in [6.07, 6.45) is 6.61. The third kappa shape index (κ3) is 2.56. The van der Waals surface area contributed by atoms with Crippen LogP contribution in [-0.2, 0) is 4.74 Å². The zero-order valence-corrected chi connectivity index (χ0v) is 11.9. The summed E-state index contributed by atoms with van der Waals surface area (Å²) in [5.41, 5.74) is 1.50. The van der Waals surface area contributed by atoms with Crippen molar-refractivity contribution < 1.29 is 4.74 Å². The second-order valence-corrected chi connectivity index (χ2v) is 6.05. The zero-order valence-electron chi connectivity index (χ0n) is 11.9. The Labute approximate surface area is 116 Å². The summed E-state index contributed by atoms with van der Waals surface area (Å²) in [5, 5.41) is 3.62. The Morgan fingerprint density at radius 2 is 2.11 bits per heavy atom. The van der Waals surface area contributed by atoms with Crippen molar-refractivity contribution in [3.8, 4) is 0 Å². The van der Waals surface area contributed by atoms with E-state index in [1.54, 1.807) is 0 Å². The highest BCUT2D eigenvalue weighted by Gasteiger charge is 2.45. The minimum atomic E-state index is 0.0402. The van der Waals surface area contributed by atoms with Crippen molar-refractivity contribution in [3.63, 3.8) is 0 Å². The average Bonchev–Trinajstić information content (AvgIpc) is 2.49. The van der Waals surface area contributed by atoms with Crippen molar-refractivity contribution in [3.05, 3.63) is 35.9 Å². The molecule has 3 atom stereocenters. The Morgan fingerprint density at radius 3 is 2.89 bits per heavy atom. The molecule has 104 valence electrons. The van der Waals surface area contributed by atoms with E-state index in [4.69, 9.17) is 4.74 Å². The fraction of sp³-hybridized carbons (Fsp3) is 0.647. The number of ether oxygens (including phenoxy) is 1. The summed E-state index contributed by atoms with van der Waals surface area (Å²) in [6, 6.07) is 11.0. The second kappa shape index (κ2) is 5.64. The van der Waals surface area contributed by atoms with Crippen LogP contribution in [0.15, 0.2) is 30.3 Å². The van der Waals surface area contributed by atoms with E-state index >= 15 is 0 Å². The van der Waals surface area contributed by atoms with E-state index in [9.17, 15) is 0 Å². The molecule has 2 nitrogen and oxygen atoms in total. The molecule has 1 aromatic rings. The van der Waals surface area contributed by atoms with Crippen LogP contribution in [0.2, 0.25) is 0 Å². The smallest absolute Gasteiger partial charge is 0.0878 e. The normalized spacial score (nSPS) is 35.4. The van der Waals surface area contributed by atoms with Crippen LogP contribution in [0, 0.1) is 0 Å². The highest BCUT2D eigenvalue weighted by Crippen LogP contribution is 2.44. The molecule has 1 spiro atoms. The van der Waals surface area contributed by atoms with E-state index in [1.807, 2.05) is 0 Å². The van der Waals surface area contributed by atoms with Gasteiger partial charge in [0, 0.05) is 19.0 Å². The molecule has 1 saturated carbocycles. The molecule has 2 fully saturated rings. The van der Waals surface area contributed by atoms with Crippen molar-refractivity contribution in [2.45, 2.75) is 56.7 Å². The topological polar surface area (TPSA) is 21.3 Å². The first-order valence-corrected chi connectivity index (χ1v) is 7.77. The second-order valence-electron chi connectivity index (χ2n) is 6.05. The Balaban J connectivity index is 1.88. The SMILES string of the molecule is CCC1CNCC2(CCCCC2c2ccccc2)O1. The van der Waals surface area contributed by atoms with Crippen molar-refractivity contribution in [1.29, 1.82) is 0 Å². The summed E-state index contributed by atoms with van der Waals surface area (Å²) in [7, 11) is 0. The molecule has 1 N–H and O–H groups in total. The first kappa shape index (κ1) is 13.1. The van der Waals surface area contributed by atoms with Crippen LogP contribution in [0.25, 0.3) is 0 Å². The Kier molecular flexibility index (Phi) is 3.90. The molecule has 2 heteroatoms. The summed E-state index contributed by atoms with van der Waals surface area (Å²) < 4.78 is 6.57. The van der Waals surface area contributed by atoms with E-state index in [1.165, 1.54) is 31.2 Å². The lowest BCUT2D eigenvalue weighted by Crippen LogP contribution is -2.57. The van der Waals surface area contributed by atoms with Crippen molar-refractivity contribution in [2.24, 2.45) is 0 Å². The van der Waals surface area contributed by atoms with Gasteiger partial charge in [-0.2, -0.15) is 0 Å². The van der Waals surface area contributed by atoms with Gasteiger partial charge >= 0.3 is 0 Å². The van der Waals surface area contributed by atoms with Crippen LogP contribution in [0.5, 0.6) is 0 Å². The number of rotatable bonds is 2. The highest BCUT2D eigenvalue weighted by molar-refractivity contribution is 5.25. The van der Waals surface area contributed by atoms with Crippen LogP contribution in [0.4, 0.5) is 0 Å². The van der Waals surface area contributed by atoms with Crippen molar-refractivity contribution in [2.75, 3.05) is 13.1 Å². The molecule has 1 aliphatic heterocycles. The van der Waals surface area contributed by atoms with Gasteiger partial charge in [0.1, 0.15) is 0 Å². The maximum absolute atomic E-state index is 6.57. The number of morpholine rings is 1. The van der Waals surface area contributed by atoms with Crippen LogP contribution in [0.1, 0.15) is 50.5 Å². The van der Waals surface area contributed by atoms with Crippen LogP contribution < -0.4 is 5.32 Å². The minimum absolute atomic E-state index is 0.0402. The van der Waals surface area contributed by atoms with E-state index in [2.05, 4.69) is 42.6 Å². The molecule has 1 heterocycles. The van der Waals surface area contributed by atoms with Gasteiger partial charge in [0.25, 0.3) is 0 Å². The first-order chi connectivity index (χ1) is 9.34. The molecule has 0 radical (unpaired) electrons. The maximum atomic E-state index is 6.57. The van der Waals surface area contributed by atoms with Crippen LogP contribution in [-0.4, -0.2) is 24.8 Å². The van der Waals surface area contributed by atoms with Crippen LogP contribution >= 0.6 is 0 Å². The van der Waals surface area contributed by atoms with Gasteiger partial charge in [-0.3, -0.25) is 0 Å². The molecular weight excluding hydrogens is 234 g/mol. The molecule has 0 bridgehead atoms. The van der Waals surface area contributed by atoms with Crippen molar-refractivity contribution in [1.82, 2.24) is 5.32 Å². The van der Waals surface area contributed by atoms with E-state index < -0.39 is 0 Å². The third-order valence-corrected chi connectivity index (χ3v) is 4.83. The molecule has 3 unspecified atom stereocenters. The molecule has 1 aromatic carbocycles. The molecular formula is C17H25NO. The number of hydrogen-bond acceptors (Lipinski definition) is 2. The van der Waals surface area contributed by atoms with E-state index in [0.29, 0.717) is 12.0 Å². The summed E-state index contributed by atoms with van der Waals surface area (Å²) in [4.78, 5) is 0. The number of nitrogens with one attached hydrogen (secondary N) is 1. The minimum Gasteiger partial charge on any atom is -0.368 e. The Bertz CT molecular complexity index is 401. The molecule has 1 saturated heterocycles. The number of benzene rings is 1. The lowest BCUT2D eigenvalue weighted by Gasteiger charge is -2.49.